The molecule has 2 aromatic rings. The number of benzene rings is 2. The minimum atomic E-state index is -0.364. The zero-order chi connectivity index (χ0) is 14.5. The molecule has 0 spiro atoms. The van der Waals surface area contributed by atoms with E-state index in [0.717, 1.165) is 11.1 Å². The highest BCUT2D eigenvalue weighted by atomic mass is 35.5. The molecule has 0 aliphatic carbocycles. The van der Waals surface area contributed by atoms with Crippen LogP contribution < -0.4 is 10.5 Å². The van der Waals surface area contributed by atoms with Gasteiger partial charge in [-0.05, 0) is 19.1 Å². The summed E-state index contributed by atoms with van der Waals surface area (Å²) in [6, 6.07) is 14.6. The van der Waals surface area contributed by atoms with Crippen molar-refractivity contribution in [1.29, 1.82) is 0 Å². The van der Waals surface area contributed by atoms with Crippen LogP contribution >= 0.6 is 11.6 Å². The molecule has 3 nitrogen and oxygen atoms in total. The van der Waals surface area contributed by atoms with Crippen LogP contribution in [-0.4, -0.2) is 11.1 Å². The molecule has 0 saturated heterocycles. The van der Waals surface area contributed by atoms with E-state index in [9.17, 15) is 5.11 Å². The van der Waals surface area contributed by atoms with Crippen molar-refractivity contribution in [1.82, 2.24) is 0 Å². The first-order valence-corrected chi connectivity index (χ1v) is 6.86. The minimum absolute atomic E-state index is 0.0790. The topological polar surface area (TPSA) is 55.5 Å². The van der Waals surface area contributed by atoms with Crippen LogP contribution in [0.15, 0.2) is 48.5 Å². The van der Waals surface area contributed by atoms with E-state index in [-0.39, 0.29) is 18.8 Å². The van der Waals surface area contributed by atoms with Crippen LogP contribution in [0.1, 0.15) is 24.2 Å². The van der Waals surface area contributed by atoms with Crippen molar-refractivity contribution in [2.75, 3.05) is 0 Å². The smallest absolute Gasteiger partial charge is 0.140 e. The van der Waals surface area contributed by atoms with Gasteiger partial charge in [-0.1, -0.05) is 48.0 Å². The molecule has 0 radical (unpaired) electrons. The molecule has 4 heteroatoms. The van der Waals surface area contributed by atoms with Crippen LogP contribution in [-0.2, 0) is 6.61 Å². The molecular weight excluding hydrogens is 274 g/mol. The Morgan fingerprint density at radius 3 is 2.45 bits per heavy atom. The Bertz CT molecular complexity index is 572. The Morgan fingerprint density at radius 2 is 1.80 bits per heavy atom. The second kappa shape index (κ2) is 6.75. The summed E-state index contributed by atoms with van der Waals surface area (Å²) in [5.41, 5.74) is 7.60. The summed E-state index contributed by atoms with van der Waals surface area (Å²) < 4.78 is 6.00. The van der Waals surface area contributed by atoms with E-state index < -0.39 is 0 Å². The Kier molecular flexibility index (Phi) is 5.01. The zero-order valence-corrected chi connectivity index (χ0v) is 12.0. The average Bonchev–Trinajstić information content (AvgIpc) is 2.46. The third-order valence-corrected chi connectivity index (χ3v) is 3.43. The van der Waals surface area contributed by atoms with Crippen LogP contribution in [0.25, 0.3) is 0 Å². The SMILES string of the molecule is CC(N)C(Oc1ccccc1CO)c1ccccc1Cl. The number of hydrogen-bond donors (Lipinski definition) is 2. The monoisotopic (exact) mass is 291 g/mol. The van der Waals surface area contributed by atoms with Gasteiger partial charge in [0.2, 0.25) is 0 Å². The Hall–Kier alpha value is -1.55. The van der Waals surface area contributed by atoms with Gasteiger partial charge in [0.05, 0.1) is 6.61 Å². The third-order valence-electron chi connectivity index (χ3n) is 3.09. The highest BCUT2D eigenvalue weighted by Crippen LogP contribution is 2.30. The van der Waals surface area contributed by atoms with Gasteiger partial charge in [-0.3, -0.25) is 0 Å². The predicted molar refractivity (Wildman–Crippen MR) is 80.8 cm³/mol. The van der Waals surface area contributed by atoms with E-state index in [0.29, 0.717) is 10.8 Å². The first-order chi connectivity index (χ1) is 9.63. The van der Waals surface area contributed by atoms with Crippen molar-refractivity contribution < 1.29 is 9.84 Å². The number of rotatable bonds is 5. The van der Waals surface area contributed by atoms with E-state index in [1.54, 1.807) is 0 Å². The van der Waals surface area contributed by atoms with Gasteiger partial charge < -0.3 is 15.6 Å². The summed E-state index contributed by atoms with van der Waals surface area (Å²) in [7, 11) is 0. The lowest BCUT2D eigenvalue weighted by atomic mass is 10.0. The van der Waals surface area contributed by atoms with Gasteiger partial charge in [-0.2, -0.15) is 0 Å². The van der Waals surface area contributed by atoms with Gasteiger partial charge in [0, 0.05) is 22.2 Å². The molecule has 2 aromatic carbocycles. The van der Waals surface area contributed by atoms with Gasteiger partial charge >= 0.3 is 0 Å². The highest BCUT2D eigenvalue weighted by molar-refractivity contribution is 6.31. The number of aliphatic hydroxyl groups is 1. The lowest BCUT2D eigenvalue weighted by molar-refractivity contribution is 0.173. The van der Waals surface area contributed by atoms with E-state index in [2.05, 4.69) is 0 Å². The highest BCUT2D eigenvalue weighted by Gasteiger charge is 2.21. The van der Waals surface area contributed by atoms with Gasteiger partial charge in [0.1, 0.15) is 11.9 Å². The molecule has 106 valence electrons. The maximum atomic E-state index is 9.36. The van der Waals surface area contributed by atoms with Crippen molar-refractivity contribution in [3.05, 3.63) is 64.7 Å². The largest absolute Gasteiger partial charge is 0.484 e. The molecule has 0 saturated carbocycles. The standard InChI is InChI=1S/C16H18ClNO2/c1-11(18)16(13-7-3-4-8-14(13)17)20-15-9-5-2-6-12(15)10-19/h2-9,11,16,19H,10,18H2,1H3. The molecule has 0 aromatic heterocycles. The number of hydrogen-bond acceptors (Lipinski definition) is 3. The van der Waals surface area contributed by atoms with Crippen molar-refractivity contribution >= 4 is 11.6 Å². The number of ether oxygens (including phenoxy) is 1. The van der Waals surface area contributed by atoms with Crippen LogP contribution in [0, 0.1) is 0 Å². The fraction of sp³-hybridized carbons (Fsp3) is 0.250. The van der Waals surface area contributed by atoms with E-state index in [1.165, 1.54) is 0 Å². The van der Waals surface area contributed by atoms with Crippen LogP contribution in [0.3, 0.4) is 0 Å². The summed E-state index contributed by atoms with van der Waals surface area (Å²) in [5.74, 6) is 0.622. The third kappa shape index (κ3) is 3.31. The van der Waals surface area contributed by atoms with Crippen molar-refractivity contribution in [2.24, 2.45) is 5.73 Å². The summed E-state index contributed by atoms with van der Waals surface area (Å²) in [6.07, 6.45) is -0.364. The first-order valence-electron chi connectivity index (χ1n) is 6.49. The zero-order valence-electron chi connectivity index (χ0n) is 11.3. The summed E-state index contributed by atoms with van der Waals surface area (Å²) in [6.45, 7) is 1.79. The quantitative estimate of drug-likeness (QED) is 0.889. The molecule has 3 N–H and O–H groups in total. The Labute approximate surface area is 123 Å². The second-order valence-corrected chi connectivity index (χ2v) is 5.09. The Morgan fingerprint density at radius 1 is 1.15 bits per heavy atom. The van der Waals surface area contributed by atoms with Crippen LogP contribution in [0.4, 0.5) is 0 Å². The van der Waals surface area contributed by atoms with Crippen molar-refractivity contribution in [2.45, 2.75) is 25.7 Å². The number of nitrogens with two attached hydrogens (primary N) is 1. The molecule has 2 atom stereocenters. The second-order valence-electron chi connectivity index (χ2n) is 4.68. The number of aliphatic hydroxyl groups excluding tert-OH is 1. The Balaban J connectivity index is 2.34. The number of halogens is 1. The van der Waals surface area contributed by atoms with Crippen molar-refractivity contribution in [3.63, 3.8) is 0 Å². The maximum Gasteiger partial charge on any atom is 0.140 e. The lowest BCUT2D eigenvalue weighted by Gasteiger charge is -2.25. The molecule has 0 aliphatic rings. The molecule has 0 heterocycles. The molecule has 20 heavy (non-hydrogen) atoms. The maximum absolute atomic E-state index is 9.36. The molecule has 0 amide bonds. The summed E-state index contributed by atoms with van der Waals surface area (Å²) in [4.78, 5) is 0. The van der Waals surface area contributed by atoms with E-state index in [4.69, 9.17) is 22.1 Å². The normalized spacial score (nSPS) is 13.8. The number of para-hydroxylation sites is 1. The first kappa shape index (κ1) is 14.9. The van der Waals surface area contributed by atoms with Gasteiger partial charge in [-0.25, -0.2) is 0 Å². The molecule has 2 rings (SSSR count). The molecule has 0 fully saturated rings. The van der Waals surface area contributed by atoms with Crippen LogP contribution in [0.5, 0.6) is 5.75 Å². The lowest BCUT2D eigenvalue weighted by Crippen LogP contribution is -2.29. The van der Waals surface area contributed by atoms with Gasteiger partial charge in [-0.15, -0.1) is 0 Å². The minimum Gasteiger partial charge on any atom is -0.484 e. The predicted octanol–water partition coefficient (Wildman–Crippen LogP) is 3.30. The molecule has 0 aliphatic heterocycles. The fourth-order valence-electron chi connectivity index (χ4n) is 2.05. The van der Waals surface area contributed by atoms with Crippen LogP contribution in [0.2, 0.25) is 5.02 Å². The van der Waals surface area contributed by atoms with Crippen molar-refractivity contribution in [3.8, 4) is 5.75 Å². The van der Waals surface area contributed by atoms with E-state index >= 15 is 0 Å². The molecular formula is C16H18ClNO2. The molecule has 2 unspecified atom stereocenters. The average molecular weight is 292 g/mol. The van der Waals surface area contributed by atoms with Gasteiger partial charge in [0.25, 0.3) is 0 Å². The summed E-state index contributed by atoms with van der Waals surface area (Å²) >= 11 is 6.22. The molecule has 0 bridgehead atoms. The van der Waals surface area contributed by atoms with Gasteiger partial charge in [0.15, 0.2) is 0 Å². The van der Waals surface area contributed by atoms with E-state index in [1.807, 2.05) is 55.5 Å². The summed E-state index contributed by atoms with van der Waals surface area (Å²) in [5, 5.41) is 9.98. The fourth-order valence-corrected chi connectivity index (χ4v) is 2.29.